The molecule has 0 amide bonds. The van der Waals surface area contributed by atoms with Crippen LogP contribution in [-0.4, -0.2) is 20.1 Å². The van der Waals surface area contributed by atoms with E-state index in [-0.39, 0.29) is 0 Å². The maximum Gasteiger partial charge on any atom is 0.237 e. The van der Waals surface area contributed by atoms with Crippen molar-refractivity contribution < 1.29 is 4.52 Å². The van der Waals surface area contributed by atoms with Gasteiger partial charge in [-0.25, -0.2) is 9.97 Å². The van der Waals surface area contributed by atoms with Crippen LogP contribution >= 0.6 is 23.1 Å². The van der Waals surface area contributed by atoms with E-state index in [1.54, 1.807) is 18.3 Å². The van der Waals surface area contributed by atoms with E-state index >= 15 is 0 Å². The van der Waals surface area contributed by atoms with Crippen LogP contribution < -0.4 is 5.73 Å². The Bertz CT molecular complexity index is 780. The van der Waals surface area contributed by atoms with Gasteiger partial charge < -0.3 is 10.3 Å². The molecule has 0 aromatic carbocycles. The monoisotopic (exact) mass is 307 g/mol. The van der Waals surface area contributed by atoms with Gasteiger partial charge in [0.2, 0.25) is 5.89 Å². The predicted molar refractivity (Wildman–Crippen MR) is 79.9 cm³/mol. The van der Waals surface area contributed by atoms with Crippen molar-refractivity contribution in [1.29, 1.82) is 0 Å². The van der Waals surface area contributed by atoms with E-state index in [9.17, 15) is 0 Å². The number of nitrogens with two attached hydrogens (primary N) is 1. The molecule has 3 aromatic heterocycles. The fourth-order valence-corrected chi connectivity index (χ4v) is 3.63. The van der Waals surface area contributed by atoms with Gasteiger partial charge in [-0.1, -0.05) is 16.9 Å². The molecule has 0 aliphatic carbocycles. The number of rotatable bonds is 3. The number of thiophene rings is 1. The molecule has 0 aliphatic rings. The summed E-state index contributed by atoms with van der Waals surface area (Å²) >= 11 is 3.08. The fraction of sp³-hybridized carbons (Fsp3) is 0.333. The average Bonchev–Trinajstić information content (AvgIpc) is 2.92. The zero-order chi connectivity index (χ0) is 14.3. The molecular weight excluding hydrogens is 294 g/mol. The predicted octanol–water partition coefficient (Wildman–Crippen LogP) is 2.87. The van der Waals surface area contributed by atoms with Gasteiger partial charge in [-0.3, -0.25) is 0 Å². The van der Waals surface area contributed by atoms with Crippen molar-refractivity contribution in [3.63, 3.8) is 0 Å². The zero-order valence-electron chi connectivity index (χ0n) is 11.3. The number of nitrogens with zero attached hydrogens (tertiary/aromatic N) is 4. The second-order valence-electron chi connectivity index (χ2n) is 4.38. The summed E-state index contributed by atoms with van der Waals surface area (Å²) in [6, 6.07) is 0. The highest BCUT2D eigenvalue weighted by Crippen LogP contribution is 2.33. The van der Waals surface area contributed by atoms with E-state index in [1.807, 2.05) is 6.92 Å². The van der Waals surface area contributed by atoms with Crippen LogP contribution in [-0.2, 0) is 5.75 Å². The molecule has 0 saturated carbocycles. The van der Waals surface area contributed by atoms with E-state index in [4.69, 9.17) is 10.3 Å². The van der Waals surface area contributed by atoms with Gasteiger partial charge in [0.1, 0.15) is 10.6 Å². The zero-order valence-corrected chi connectivity index (χ0v) is 12.9. The summed E-state index contributed by atoms with van der Waals surface area (Å²) in [4.78, 5) is 15.2. The van der Waals surface area contributed by atoms with Crippen LogP contribution in [0.2, 0.25) is 0 Å². The van der Waals surface area contributed by atoms with Crippen molar-refractivity contribution in [3.8, 4) is 0 Å². The van der Waals surface area contributed by atoms with Crippen LogP contribution in [0.1, 0.15) is 22.2 Å². The molecule has 0 atom stereocenters. The van der Waals surface area contributed by atoms with Crippen molar-refractivity contribution in [2.75, 3.05) is 5.73 Å². The second kappa shape index (κ2) is 5.02. The lowest BCUT2D eigenvalue weighted by Crippen LogP contribution is -1.96. The number of aromatic nitrogens is 4. The molecule has 3 rings (SSSR count). The molecule has 6 nitrogen and oxygen atoms in total. The molecule has 0 saturated heterocycles. The number of fused-ring (bicyclic) bond motifs is 1. The highest BCUT2D eigenvalue weighted by Gasteiger charge is 2.13. The molecule has 0 fully saturated rings. The maximum absolute atomic E-state index is 6.04. The number of thioether (sulfide) groups is 1. The Morgan fingerprint density at radius 3 is 2.70 bits per heavy atom. The SMILES string of the molecule is Cc1noc(CSc2nc(N)c3c(C)c(C)sc3n2)n1. The first-order chi connectivity index (χ1) is 9.54. The van der Waals surface area contributed by atoms with Crippen LogP contribution in [0.4, 0.5) is 5.82 Å². The Morgan fingerprint density at radius 2 is 2.00 bits per heavy atom. The van der Waals surface area contributed by atoms with E-state index < -0.39 is 0 Å². The molecule has 3 heterocycles. The minimum atomic E-state index is 0.529. The first-order valence-electron chi connectivity index (χ1n) is 6.00. The van der Waals surface area contributed by atoms with Gasteiger partial charge in [-0.15, -0.1) is 11.3 Å². The smallest absolute Gasteiger partial charge is 0.237 e. The Kier molecular flexibility index (Phi) is 3.35. The number of hydrogen-bond donors (Lipinski definition) is 1. The highest BCUT2D eigenvalue weighted by molar-refractivity contribution is 7.98. The molecule has 104 valence electrons. The largest absolute Gasteiger partial charge is 0.383 e. The van der Waals surface area contributed by atoms with Gasteiger partial charge in [-0.2, -0.15) is 4.98 Å². The summed E-state index contributed by atoms with van der Waals surface area (Å²) in [7, 11) is 0. The van der Waals surface area contributed by atoms with Crippen LogP contribution in [0, 0.1) is 20.8 Å². The van der Waals surface area contributed by atoms with Gasteiger partial charge in [0.05, 0.1) is 11.1 Å². The molecule has 20 heavy (non-hydrogen) atoms. The summed E-state index contributed by atoms with van der Waals surface area (Å²) in [6.07, 6.45) is 0. The van der Waals surface area contributed by atoms with Gasteiger partial charge in [0.25, 0.3) is 0 Å². The van der Waals surface area contributed by atoms with Crippen molar-refractivity contribution in [3.05, 3.63) is 22.2 Å². The summed E-state index contributed by atoms with van der Waals surface area (Å²) in [6.45, 7) is 5.90. The third-order valence-electron chi connectivity index (χ3n) is 2.93. The normalized spacial score (nSPS) is 11.3. The van der Waals surface area contributed by atoms with E-state index in [0.717, 1.165) is 15.8 Å². The van der Waals surface area contributed by atoms with Gasteiger partial charge in [0.15, 0.2) is 11.0 Å². The first-order valence-corrected chi connectivity index (χ1v) is 7.80. The van der Waals surface area contributed by atoms with Gasteiger partial charge >= 0.3 is 0 Å². The lowest BCUT2D eigenvalue weighted by atomic mass is 10.2. The Morgan fingerprint density at radius 1 is 1.20 bits per heavy atom. The van der Waals surface area contributed by atoms with Gasteiger partial charge in [0, 0.05) is 4.88 Å². The second-order valence-corrected chi connectivity index (χ2v) is 6.52. The van der Waals surface area contributed by atoms with Crippen LogP contribution in [0.3, 0.4) is 0 Å². The molecule has 0 spiro atoms. The molecule has 8 heteroatoms. The Hall–Kier alpha value is -1.67. The van der Waals surface area contributed by atoms with Gasteiger partial charge in [-0.05, 0) is 26.3 Å². The van der Waals surface area contributed by atoms with Crippen LogP contribution in [0.5, 0.6) is 0 Å². The molecule has 0 unspecified atom stereocenters. The topological polar surface area (TPSA) is 90.7 Å². The molecule has 0 radical (unpaired) electrons. The summed E-state index contributed by atoms with van der Waals surface area (Å²) < 4.78 is 5.06. The summed E-state index contributed by atoms with van der Waals surface area (Å²) in [5.41, 5.74) is 7.19. The van der Waals surface area contributed by atoms with Crippen LogP contribution in [0.15, 0.2) is 9.68 Å². The molecular formula is C12H13N5OS2. The molecule has 2 N–H and O–H groups in total. The standard InChI is InChI=1S/C12H13N5OS2/c1-5-6(2)20-11-9(5)10(13)15-12(16-11)19-4-8-14-7(3)17-18-8/h4H2,1-3H3,(H2,13,15,16). The quantitative estimate of drug-likeness (QED) is 0.587. The molecule has 3 aromatic rings. The third kappa shape index (κ3) is 2.36. The molecule has 0 aliphatic heterocycles. The number of hydrogen-bond acceptors (Lipinski definition) is 8. The van der Waals surface area contributed by atoms with Crippen molar-refractivity contribution in [1.82, 2.24) is 20.1 Å². The minimum Gasteiger partial charge on any atom is -0.383 e. The Balaban J connectivity index is 1.89. The first kappa shape index (κ1) is 13.3. The van der Waals surface area contributed by atoms with Crippen LogP contribution in [0.25, 0.3) is 10.2 Å². The molecule has 0 bridgehead atoms. The summed E-state index contributed by atoms with van der Waals surface area (Å²) in [5.74, 6) is 2.25. The van der Waals surface area contributed by atoms with E-state index in [1.165, 1.54) is 16.6 Å². The number of aryl methyl sites for hydroxylation is 3. The van der Waals surface area contributed by atoms with Crippen molar-refractivity contribution >= 4 is 39.1 Å². The highest BCUT2D eigenvalue weighted by atomic mass is 32.2. The summed E-state index contributed by atoms with van der Waals surface area (Å²) in [5, 5.41) is 5.34. The minimum absolute atomic E-state index is 0.529. The van der Waals surface area contributed by atoms with E-state index in [2.05, 4.69) is 27.0 Å². The number of nitrogen functional groups attached to an aromatic ring is 1. The van der Waals surface area contributed by atoms with Crippen molar-refractivity contribution in [2.24, 2.45) is 0 Å². The fourth-order valence-electron chi connectivity index (χ4n) is 1.85. The third-order valence-corrected chi connectivity index (χ3v) is 4.86. The average molecular weight is 307 g/mol. The lowest BCUT2D eigenvalue weighted by Gasteiger charge is -2.01. The van der Waals surface area contributed by atoms with Crippen molar-refractivity contribution in [2.45, 2.75) is 31.7 Å². The number of anilines is 1. The van der Waals surface area contributed by atoms with E-state index in [0.29, 0.717) is 28.4 Å². The maximum atomic E-state index is 6.04. The lowest BCUT2D eigenvalue weighted by molar-refractivity contribution is 0.387. The Labute approximate surface area is 123 Å².